The molecule has 0 atom stereocenters. The third kappa shape index (κ3) is 3.22. The predicted octanol–water partition coefficient (Wildman–Crippen LogP) is 3.68. The van der Waals surface area contributed by atoms with Crippen LogP contribution in [0.5, 0.6) is 5.75 Å². The molecule has 6 nitrogen and oxygen atoms in total. The van der Waals surface area contributed by atoms with Crippen molar-refractivity contribution in [2.45, 2.75) is 0 Å². The van der Waals surface area contributed by atoms with Gasteiger partial charge in [0.1, 0.15) is 5.75 Å². The zero-order chi connectivity index (χ0) is 21.4. The first-order valence-electron chi connectivity index (χ1n) is 9.72. The third-order valence-corrected chi connectivity index (χ3v) is 5.23. The van der Waals surface area contributed by atoms with Gasteiger partial charge in [0, 0.05) is 36.0 Å². The number of nitrogens with zero attached hydrogens (tertiary/aromatic N) is 4. The van der Waals surface area contributed by atoms with Gasteiger partial charge in [-0.25, -0.2) is 4.79 Å². The van der Waals surface area contributed by atoms with Gasteiger partial charge in [-0.1, -0.05) is 11.8 Å². The van der Waals surface area contributed by atoms with Crippen LogP contribution in [0.15, 0.2) is 78.0 Å². The van der Waals surface area contributed by atoms with Crippen LogP contribution in [0.1, 0.15) is 11.1 Å². The molecule has 3 heterocycles. The van der Waals surface area contributed by atoms with Gasteiger partial charge in [-0.3, -0.25) is 19.1 Å². The fraction of sp³-hybridized carbons (Fsp3) is 0.0800. The van der Waals surface area contributed by atoms with Gasteiger partial charge in [-0.2, -0.15) is 0 Å². The van der Waals surface area contributed by atoms with Crippen molar-refractivity contribution < 1.29 is 4.74 Å². The maximum Gasteiger partial charge on any atom is 0.333 e. The van der Waals surface area contributed by atoms with Gasteiger partial charge in [0.05, 0.1) is 35.5 Å². The summed E-state index contributed by atoms with van der Waals surface area (Å²) in [6, 6.07) is 17.0. The first-order valence-corrected chi connectivity index (χ1v) is 9.72. The molecule has 0 bridgehead atoms. The molecule has 0 saturated heterocycles. The van der Waals surface area contributed by atoms with E-state index in [0.717, 1.165) is 44.5 Å². The molecule has 0 saturated carbocycles. The van der Waals surface area contributed by atoms with Gasteiger partial charge < -0.3 is 4.74 Å². The number of methoxy groups -OCH3 is 1. The molecule has 5 aromatic rings. The minimum absolute atomic E-state index is 0.138. The molecule has 0 spiro atoms. The average molecular weight is 406 g/mol. The number of imidazole rings is 1. The molecule has 0 aliphatic carbocycles. The molecule has 6 heteroatoms. The lowest BCUT2D eigenvalue weighted by Gasteiger charge is -2.07. The first kappa shape index (κ1) is 18.6. The van der Waals surface area contributed by atoms with Gasteiger partial charge in [-0.05, 0) is 54.6 Å². The number of pyridine rings is 2. The maximum absolute atomic E-state index is 13.1. The number of hydrogen-bond donors (Lipinski definition) is 0. The number of fused-ring (bicyclic) bond motifs is 3. The Bertz CT molecular complexity index is 1540. The Morgan fingerprint density at radius 1 is 0.968 bits per heavy atom. The second kappa shape index (κ2) is 7.47. The summed E-state index contributed by atoms with van der Waals surface area (Å²) in [5.41, 5.74) is 4.65. The van der Waals surface area contributed by atoms with E-state index in [0.29, 0.717) is 0 Å². The van der Waals surface area contributed by atoms with Crippen LogP contribution in [0.3, 0.4) is 0 Å². The highest BCUT2D eigenvalue weighted by Gasteiger charge is 2.16. The molecule has 5 rings (SSSR count). The molecule has 0 radical (unpaired) electrons. The Hall–Kier alpha value is -4.37. The fourth-order valence-corrected chi connectivity index (χ4v) is 3.63. The molecular weight excluding hydrogens is 388 g/mol. The van der Waals surface area contributed by atoms with E-state index in [1.165, 1.54) is 0 Å². The molecule has 0 amide bonds. The highest BCUT2D eigenvalue weighted by Crippen LogP contribution is 2.26. The van der Waals surface area contributed by atoms with Crippen LogP contribution < -0.4 is 10.4 Å². The molecule has 2 aromatic carbocycles. The van der Waals surface area contributed by atoms with Gasteiger partial charge in [-0.15, -0.1) is 0 Å². The lowest BCUT2D eigenvalue weighted by molar-refractivity contribution is 0.414. The largest absolute Gasteiger partial charge is 0.497 e. The molecule has 150 valence electrons. The summed E-state index contributed by atoms with van der Waals surface area (Å²) < 4.78 is 8.57. The maximum atomic E-state index is 13.1. The van der Waals surface area contributed by atoms with Crippen molar-refractivity contribution in [2.24, 2.45) is 7.05 Å². The van der Waals surface area contributed by atoms with Crippen molar-refractivity contribution in [1.29, 1.82) is 0 Å². The van der Waals surface area contributed by atoms with Crippen molar-refractivity contribution in [3.05, 3.63) is 94.8 Å². The topological polar surface area (TPSA) is 61.9 Å². The highest BCUT2D eigenvalue weighted by molar-refractivity contribution is 6.03. The summed E-state index contributed by atoms with van der Waals surface area (Å²) in [5.74, 6) is 7.05. The van der Waals surface area contributed by atoms with E-state index in [4.69, 9.17) is 4.74 Å². The molecular formula is C25H18N4O2. The van der Waals surface area contributed by atoms with E-state index in [1.807, 2.05) is 54.6 Å². The van der Waals surface area contributed by atoms with Crippen LogP contribution in [0.2, 0.25) is 0 Å². The molecule has 0 aliphatic rings. The number of benzene rings is 2. The van der Waals surface area contributed by atoms with Gasteiger partial charge in [0.25, 0.3) is 0 Å². The Balaban J connectivity index is 1.75. The summed E-state index contributed by atoms with van der Waals surface area (Å²) >= 11 is 0. The van der Waals surface area contributed by atoms with E-state index in [2.05, 4.69) is 21.8 Å². The van der Waals surface area contributed by atoms with Crippen LogP contribution in [0.25, 0.3) is 27.6 Å². The molecule has 0 N–H and O–H groups in total. The number of hydrogen-bond acceptors (Lipinski definition) is 4. The van der Waals surface area contributed by atoms with Gasteiger partial charge >= 0.3 is 5.69 Å². The summed E-state index contributed by atoms with van der Waals surface area (Å²) in [5, 5.41) is 0.865. The molecule has 31 heavy (non-hydrogen) atoms. The van der Waals surface area contributed by atoms with E-state index >= 15 is 0 Å². The van der Waals surface area contributed by atoms with Crippen molar-refractivity contribution >= 4 is 21.9 Å². The highest BCUT2D eigenvalue weighted by atomic mass is 16.5. The summed E-state index contributed by atoms with van der Waals surface area (Å²) in [6.07, 6.45) is 5.18. The average Bonchev–Trinajstić information content (AvgIpc) is 3.09. The summed E-state index contributed by atoms with van der Waals surface area (Å²) in [4.78, 5) is 21.8. The number of aryl methyl sites for hydroxylation is 1. The van der Waals surface area contributed by atoms with E-state index in [1.54, 1.807) is 41.9 Å². The van der Waals surface area contributed by atoms with Crippen molar-refractivity contribution in [3.8, 4) is 23.3 Å². The van der Waals surface area contributed by atoms with Crippen LogP contribution in [-0.4, -0.2) is 26.2 Å². The quantitative estimate of drug-likeness (QED) is 0.420. The van der Waals surface area contributed by atoms with Crippen LogP contribution in [0.4, 0.5) is 0 Å². The van der Waals surface area contributed by atoms with E-state index < -0.39 is 0 Å². The Labute approximate surface area is 178 Å². The van der Waals surface area contributed by atoms with Crippen molar-refractivity contribution in [2.75, 3.05) is 7.11 Å². The third-order valence-electron chi connectivity index (χ3n) is 5.23. The molecule has 0 fully saturated rings. The van der Waals surface area contributed by atoms with Crippen LogP contribution in [-0.2, 0) is 7.05 Å². The Kier molecular flexibility index (Phi) is 4.49. The monoisotopic (exact) mass is 406 g/mol. The van der Waals surface area contributed by atoms with E-state index in [-0.39, 0.29) is 5.69 Å². The Morgan fingerprint density at radius 2 is 1.77 bits per heavy atom. The van der Waals surface area contributed by atoms with Crippen LogP contribution in [0, 0.1) is 11.8 Å². The summed E-state index contributed by atoms with van der Waals surface area (Å²) in [6.45, 7) is 0. The minimum atomic E-state index is -0.138. The normalized spacial score (nSPS) is 10.8. The van der Waals surface area contributed by atoms with Crippen LogP contribution >= 0.6 is 0 Å². The second-order valence-electron chi connectivity index (χ2n) is 7.09. The smallest absolute Gasteiger partial charge is 0.333 e. The zero-order valence-electron chi connectivity index (χ0n) is 17.0. The molecule has 0 aliphatic heterocycles. The molecule has 0 unspecified atom stereocenters. The molecule has 3 aromatic heterocycles. The second-order valence-corrected chi connectivity index (χ2v) is 7.09. The SMILES string of the molecule is COc1ccc(-n2c(=O)n(C)c3cnc4ccc(C#Cc5cccnc5)cc4c32)cc1. The summed E-state index contributed by atoms with van der Waals surface area (Å²) in [7, 11) is 3.37. The van der Waals surface area contributed by atoms with Crippen molar-refractivity contribution in [1.82, 2.24) is 19.1 Å². The minimum Gasteiger partial charge on any atom is -0.497 e. The van der Waals surface area contributed by atoms with E-state index in [9.17, 15) is 4.79 Å². The lowest BCUT2D eigenvalue weighted by atomic mass is 10.1. The first-order chi connectivity index (χ1) is 15.2. The van der Waals surface area contributed by atoms with Crippen molar-refractivity contribution in [3.63, 3.8) is 0 Å². The predicted molar refractivity (Wildman–Crippen MR) is 121 cm³/mol. The number of ether oxygens (including phenoxy) is 1. The Morgan fingerprint density at radius 3 is 2.52 bits per heavy atom. The fourth-order valence-electron chi connectivity index (χ4n) is 3.63. The zero-order valence-corrected chi connectivity index (χ0v) is 17.0. The lowest BCUT2D eigenvalue weighted by Crippen LogP contribution is -2.20. The number of aromatic nitrogens is 4. The standard InChI is InChI=1S/C25H18N4O2/c1-28-23-16-27-22-12-7-17(5-6-18-4-3-13-26-15-18)14-21(22)24(23)29(25(28)30)19-8-10-20(31-2)11-9-19/h3-4,7-16H,1-2H3. The number of rotatable bonds is 2. The van der Waals surface area contributed by atoms with Gasteiger partial charge in [0.2, 0.25) is 0 Å². The van der Waals surface area contributed by atoms with Gasteiger partial charge in [0.15, 0.2) is 0 Å².